The number of likely N-dealkylation sites (tertiary alicyclic amines) is 1. The number of rotatable bonds is 6. The maximum atomic E-state index is 12.3. The Morgan fingerprint density at radius 1 is 1.55 bits per heavy atom. The minimum absolute atomic E-state index is 0.141. The lowest BCUT2D eigenvalue weighted by Gasteiger charge is -2.34. The molecule has 112 valence electrons. The molecule has 0 aromatic heterocycles. The highest BCUT2D eigenvalue weighted by Crippen LogP contribution is 2.15. The van der Waals surface area contributed by atoms with E-state index < -0.39 is 0 Å². The van der Waals surface area contributed by atoms with Crippen molar-refractivity contribution in [2.45, 2.75) is 18.9 Å². The van der Waals surface area contributed by atoms with Crippen molar-refractivity contribution >= 4 is 5.91 Å². The van der Waals surface area contributed by atoms with Crippen molar-refractivity contribution in [3.63, 3.8) is 0 Å². The van der Waals surface area contributed by atoms with Gasteiger partial charge in [-0.2, -0.15) is 5.26 Å². The highest BCUT2D eigenvalue weighted by Gasteiger charge is 2.25. The highest BCUT2D eigenvalue weighted by molar-refractivity contribution is 5.97. The Morgan fingerprint density at radius 3 is 2.75 bits per heavy atom. The summed E-state index contributed by atoms with van der Waals surface area (Å²) < 4.78 is 4.90. The molecule has 6 heteroatoms. The quantitative estimate of drug-likeness (QED) is 0.427. The third-order valence-corrected chi connectivity index (χ3v) is 3.60. The van der Waals surface area contributed by atoms with Crippen LogP contribution in [0.4, 0.5) is 0 Å². The fraction of sp³-hybridized carbons (Fsp3) is 0.714. The maximum Gasteiger partial charge on any atom is 0.265 e. The molecule has 0 radical (unpaired) electrons. The fourth-order valence-corrected chi connectivity index (χ4v) is 2.22. The lowest BCUT2D eigenvalue weighted by Crippen LogP contribution is -2.45. The number of carbonyl (C=O) groups excluding carboxylic acids is 1. The van der Waals surface area contributed by atoms with Crippen LogP contribution in [0.15, 0.2) is 11.8 Å². The Bertz CT molecular complexity index is 381. The molecule has 1 saturated heterocycles. The minimum Gasteiger partial charge on any atom is -0.387 e. The summed E-state index contributed by atoms with van der Waals surface area (Å²) in [5.41, 5.74) is 0.141. The Labute approximate surface area is 121 Å². The molecule has 1 aliphatic heterocycles. The molecule has 0 aromatic rings. The molecule has 1 heterocycles. The van der Waals surface area contributed by atoms with E-state index in [1.807, 2.05) is 6.07 Å². The molecular weight excluding hydrogens is 256 g/mol. The Balaban J connectivity index is 2.55. The van der Waals surface area contributed by atoms with Crippen LogP contribution in [-0.4, -0.2) is 69.2 Å². The SMILES string of the molecule is COCCN/C=C(/C#N)C(=O)N(C)C1CCN(C)CC1. The summed E-state index contributed by atoms with van der Waals surface area (Å²) >= 11 is 0. The van der Waals surface area contributed by atoms with Gasteiger partial charge in [0.2, 0.25) is 0 Å². The summed E-state index contributed by atoms with van der Waals surface area (Å²) in [7, 11) is 5.46. The van der Waals surface area contributed by atoms with Gasteiger partial charge in [-0.3, -0.25) is 4.79 Å². The molecule has 0 spiro atoms. The molecular formula is C14H24N4O2. The monoisotopic (exact) mass is 280 g/mol. The number of likely N-dealkylation sites (N-methyl/N-ethyl adjacent to an activating group) is 1. The van der Waals surface area contributed by atoms with Gasteiger partial charge in [0.1, 0.15) is 11.6 Å². The van der Waals surface area contributed by atoms with E-state index in [4.69, 9.17) is 10.00 Å². The molecule has 0 bridgehead atoms. The van der Waals surface area contributed by atoms with E-state index in [1.165, 1.54) is 6.20 Å². The summed E-state index contributed by atoms with van der Waals surface area (Å²) in [5, 5.41) is 12.0. The molecule has 0 saturated carbocycles. The van der Waals surface area contributed by atoms with Crippen LogP contribution < -0.4 is 5.32 Å². The third kappa shape index (κ3) is 4.83. The van der Waals surface area contributed by atoms with Crippen molar-refractivity contribution in [3.8, 4) is 6.07 Å². The molecule has 0 aromatic carbocycles. The number of methoxy groups -OCH3 is 1. The fourth-order valence-electron chi connectivity index (χ4n) is 2.22. The smallest absolute Gasteiger partial charge is 0.265 e. The predicted octanol–water partition coefficient (Wildman–Crippen LogP) is 0.182. The second-order valence-corrected chi connectivity index (χ2v) is 5.07. The van der Waals surface area contributed by atoms with Gasteiger partial charge >= 0.3 is 0 Å². The van der Waals surface area contributed by atoms with Crippen molar-refractivity contribution in [2.75, 3.05) is 47.4 Å². The number of piperidine rings is 1. The van der Waals surface area contributed by atoms with Crippen LogP contribution in [0.25, 0.3) is 0 Å². The van der Waals surface area contributed by atoms with E-state index >= 15 is 0 Å². The van der Waals surface area contributed by atoms with Gasteiger partial charge < -0.3 is 19.9 Å². The number of carbonyl (C=O) groups is 1. The Hall–Kier alpha value is -1.58. The van der Waals surface area contributed by atoms with Crippen molar-refractivity contribution < 1.29 is 9.53 Å². The van der Waals surface area contributed by atoms with Gasteiger partial charge in [0, 0.05) is 32.9 Å². The standard InChI is InChI=1S/C14H24N4O2/c1-17-7-4-13(5-8-17)18(2)14(19)12(10-15)11-16-6-9-20-3/h11,13,16H,4-9H2,1-3H3/b12-11-. The first kappa shape index (κ1) is 16.5. The third-order valence-electron chi connectivity index (χ3n) is 3.60. The van der Waals surface area contributed by atoms with Crippen LogP contribution in [0.3, 0.4) is 0 Å². The van der Waals surface area contributed by atoms with Crippen LogP contribution in [0.1, 0.15) is 12.8 Å². The molecule has 0 aliphatic carbocycles. The van der Waals surface area contributed by atoms with Gasteiger partial charge in [-0.25, -0.2) is 0 Å². The normalized spacial score (nSPS) is 17.6. The summed E-state index contributed by atoms with van der Waals surface area (Å²) in [6.07, 6.45) is 3.38. The Kier molecular flexibility index (Phi) is 7.05. The van der Waals surface area contributed by atoms with Gasteiger partial charge in [-0.15, -0.1) is 0 Å². The van der Waals surface area contributed by atoms with E-state index in [-0.39, 0.29) is 17.5 Å². The van der Waals surface area contributed by atoms with Crippen LogP contribution >= 0.6 is 0 Å². The van der Waals surface area contributed by atoms with Gasteiger partial charge in [0.05, 0.1) is 6.61 Å². The number of nitrogens with zero attached hydrogens (tertiary/aromatic N) is 3. The summed E-state index contributed by atoms with van der Waals surface area (Å²) in [5.74, 6) is -0.216. The van der Waals surface area contributed by atoms with Gasteiger partial charge in [-0.05, 0) is 33.0 Å². The van der Waals surface area contributed by atoms with Crippen LogP contribution in [0.5, 0.6) is 0 Å². The van der Waals surface area contributed by atoms with Gasteiger partial charge in [0.25, 0.3) is 5.91 Å². The number of nitriles is 1. The first-order chi connectivity index (χ1) is 9.60. The van der Waals surface area contributed by atoms with Crippen molar-refractivity contribution in [3.05, 3.63) is 11.8 Å². The van der Waals surface area contributed by atoms with Crippen molar-refractivity contribution in [1.82, 2.24) is 15.1 Å². The van der Waals surface area contributed by atoms with E-state index in [0.29, 0.717) is 13.2 Å². The molecule has 1 rings (SSSR count). The highest BCUT2D eigenvalue weighted by atomic mass is 16.5. The lowest BCUT2D eigenvalue weighted by molar-refractivity contribution is -0.128. The minimum atomic E-state index is -0.216. The van der Waals surface area contributed by atoms with E-state index in [2.05, 4.69) is 17.3 Å². The first-order valence-electron chi connectivity index (χ1n) is 6.88. The molecule has 0 atom stereocenters. The summed E-state index contributed by atoms with van der Waals surface area (Å²) in [4.78, 5) is 16.2. The zero-order valence-corrected chi connectivity index (χ0v) is 12.6. The van der Waals surface area contributed by atoms with Gasteiger partial charge in [-0.1, -0.05) is 0 Å². The van der Waals surface area contributed by atoms with Crippen molar-refractivity contribution in [2.24, 2.45) is 0 Å². The average molecular weight is 280 g/mol. The second kappa shape index (κ2) is 8.56. The largest absolute Gasteiger partial charge is 0.387 e. The first-order valence-corrected chi connectivity index (χ1v) is 6.88. The second-order valence-electron chi connectivity index (χ2n) is 5.07. The lowest BCUT2D eigenvalue weighted by atomic mass is 10.0. The summed E-state index contributed by atoms with van der Waals surface area (Å²) in [6, 6.07) is 2.18. The molecule has 1 amide bonds. The molecule has 1 aliphatic rings. The topological polar surface area (TPSA) is 68.6 Å². The van der Waals surface area contributed by atoms with E-state index in [0.717, 1.165) is 25.9 Å². The molecule has 1 fully saturated rings. The van der Waals surface area contributed by atoms with Crippen LogP contribution in [-0.2, 0) is 9.53 Å². The number of hydrogen-bond donors (Lipinski definition) is 1. The zero-order valence-electron chi connectivity index (χ0n) is 12.6. The summed E-state index contributed by atoms with van der Waals surface area (Å²) in [6.45, 7) is 3.08. The molecule has 6 nitrogen and oxygen atoms in total. The van der Waals surface area contributed by atoms with E-state index in [9.17, 15) is 4.79 Å². The molecule has 1 N–H and O–H groups in total. The number of ether oxygens (including phenoxy) is 1. The Morgan fingerprint density at radius 2 is 2.20 bits per heavy atom. The average Bonchev–Trinajstić information content (AvgIpc) is 2.47. The van der Waals surface area contributed by atoms with Gasteiger partial charge in [0.15, 0.2) is 0 Å². The van der Waals surface area contributed by atoms with Crippen molar-refractivity contribution in [1.29, 1.82) is 5.26 Å². The zero-order chi connectivity index (χ0) is 15.0. The maximum absolute atomic E-state index is 12.3. The predicted molar refractivity (Wildman–Crippen MR) is 76.9 cm³/mol. The number of hydrogen-bond acceptors (Lipinski definition) is 5. The van der Waals surface area contributed by atoms with Crippen LogP contribution in [0, 0.1) is 11.3 Å². The van der Waals surface area contributed by atoms with E-state index in [1.54, 1.807) is 19.1 Å². The number of nitrogens with one attached hydrogen (secondary N) is 1. The number of amides is 1. The molecule has 0 unspecified atom stereocenters. The van der Waals surface area contributed by atoms with Crippen LogP contribution in [0.2, 0.25) is 0 Å². The molecule has 20 heavy (non-hydrogen) atoms.